The molecule has 1 unspecified atom stereocenters. The smallest absolute Gasteiger partial charge is 0.315 e. The van der Waals surface area contributed by atoms with Crippen LogP contribution in [0.4, 0.5) is 10.8 Å². The van der Waals surface area contributed by atoms with Crippen LogP contribution in [-0.2, 0) is 16.0 Å². The fraction of sp³-hybridized carbons (Fsp3) is 0.381. The maximum Gasteiger partial charge on any atom is 0.315 e. The SMILES string of the molecule is CCOC(=O)C1CCCc2sc(Nc3ccc(-c4ncc(C)[nH]4)c(OC)c3)nc21. The number of aromatic nitrogens is 3. The predicted octanol–water partition coefficient (Wildman–Crippen LogP) is 4.58. The van der Waals surface area contributed by atoms with Crippen molar-refractivity contribution in [3.8, 4) is 17.1 Å². The van der Waals surface area contributed by atoms with Crippen molar-refractivity contribution in [2.75, 3.05) is 19.0 Å². The van der Waals surface area contributed by atoms with Crippen LogP contribution in [0.1, 0.15) is 41.9 Å². The number of anilines is 2. The molecule has 2 N–H and O–H groups in total. The van der Waals surface area contributed by atoms with Gasteiger partial charge in [-0.05, 0) is 45.2 Å². The van der Waals surface area contributed by atoms with Crippen molar-refractivity contribution < 1.29 is 14.3 Å². The molecule has 4 rings (SSSR count). The van der Waals surface area contributed by atoms with Crippen molar-refractivity contribution in [2.24, 2.45) is 0 Å². The number of thiazole rings is 1. The molecule has 3 aromatic rings. The summed E-state index contributed by atoms with van der Waals surface area (Å²) in [6.45, 7) is 4.19. The molecular weight excluding hydrogens is 388 g/mol. The number of carbonyl (C=O) groups is 1. The zero-order valence-electron chi connectivity index (χ0n) is 16.7. The summed E-state index contributed by atoms with van der Waals surface area (Å²) in [5, 5.41) is 4.13. The Morgan fingerprint density at radius 3 is 3.00 bits per heavy atom. The maximum absolute atomic E-state index is 12.3. The van der Waals surface area contributed by atoms with E-state index >= 15 is 0 Å². The molecule has 0 bridgehead atoms. The molecule has 1 aromatic carbocycles. The van der Waals surface area contributed by atoms with Crippen molar-refractivity contribution in [2.45, 2.75) is 39.0 Å². The van der Waals surface area contributed by atoms with Gasteiger partial charge in [0.2, 0.25) is 0 Å². The van der Waals surface area contributed by atoms with Crippen molar-refractivity contribution in [1.29, 1.82) is 0 Å². The molecule has 0 aliphatic heterocycles. The van der Waals surface area contributed by atoms with Gasteiger partial charge in [0.15, 0.2) is 5.13 Å². The van der Waals surface area contributed by atoms with Crippen molar-refractivity contribution in [1.82, 2.24) is 15.0 Å². The average molecular weight is 413 g/mol. The molecule has 152 valence electrons. The van der Waals surface area contributed by atoms with Gasteiger partial charge in [-0.1, -0.05) is 0 Å². The molecule has 0 saturated carbocycles. The Kier molecular flexibility index (Phi) is 5.53. The van der Waals surface area contributed by atoms with Crippen molar-refractivity contribution in [3.63, 3.8) is 0 Å². The lowest BCUT2D eigenvalue weighted by Gasteiger charge is -2.19. The summed E-state index contributed by atoms with van der Waals surface area (Å²) in [5.74, 6) is 1.05. The molecule has 0 saturated heterocycles. The average Bonchev–Trinajstić information content (AvgIpc) is 3.33. The van der Waals surface area contributed by atoms with Crippen molar-refractivity contribution in [3.05, 3.63) is 40.7 Å². The van der Waals surface area contributed by atoms with Gasteiger partial charge in [-0.2, -0.15) is 0 Å². The summed E-state index contributed by atoms with van der Waals surface area (Å²) in [6, 6.07) is 5.86. The van der Waals surface area contributed by atoms with Gasteiger partial charge in [0.05, 0.1) is 25.0 Å². The van der Waals surface area contributed by atoms with Crippen LogP contribution in [0.5, 0.6) is 5.75 Å². The van der Waals surface area contributed by atoms with Gasteiger partial charge in [0, 0.05) is 28.5 Å². The van der Waals surface area contributed by atoms with Crippen LogP contribution in [0.3, 0.4) is 0 Å². The Morgan fingerprint density at radius 2 is 2.28 bits per heavy atom. The minimum atomic E-state index is -0.260. The molecule has 2 heterocycles. The highest BCUT2D eigenvalue weighted by Crippen LogP contribution is 2.39. The van der Waals surface area contributed by atoms with Crippen LogP contribution >= 0.6 is 11.3 Å². The van der Waals surface area contributed by atoms with Crippen LogP contribution in [0, 0.1) is 6.92 Å². The van der Waals surface area contributed by atoms with Crippen LogP contribution in [-0.4, -0.2) is 34.6 Å². The van der Waals surface area contributed by atoms with Gasteiger partial charge in [-0.15, -0.1) is 11.3 Å². The number of carbonyl (C=O) groups excluding carboxylic acids is 1. The first kappa shape index (κ1) is 19.4. The molecule has 0 spiro atoms. The number of ether oxygens (including phenoxy) is 2. The number of fused-ring (bicyclic) bond motifs is 1. The van der Waals surface area contributed by atoms with E-state index < -0.39 is 0 Å². The molecule has 29 heavy (non-hydrogen) atoms. The van der Waals surface area contributed by atoms with E-state index in [1.807, 2.05) is 32.0 Å². The van der Waals surface area contributed by atoms with Gasteiger partial charge < -0.3 is 19.8 Å². The summed E-state index contributed by atoms with van der Waals surface area (Å²) in [7, 11) is 1.64. The Labute approximate surface area is 173 Å². The van der Waals surface area contributed by atoms with Gasteiger partial charge in [0.1, 0.15) is 17.5 Å². The number of aromatic amines is 1. The highest BCUT2D eigenvalue weighted by Gasteiger charge is 2.31. The van der Waals surface area contributed by atoms with E-state index in [0.717, 1.165) is 63.5 Å². The fourth-order valence-corrected chi connectivity index (χ4v) is 4.67. The fourth-order valence-electron chi connectivity index (χ4n) is 3.58. The van der Waals surface area contributed by atoms with Gasteiger partial charge in [0.25, 0.3) is 0 Å². The van der Waals surface area contributed by atoms with Crippen LogP contribution in [0.25, 0.3) is 11.4 Å². The number of benzene rings is 1. The monoisotopic (exact) mass is 412 g/mol. The van der Waals surface area contributed by atoms with E-state index in [0.29, 0.717) is 6.61 Å². The summed E-state index contributed by atoms with van der Waals surface area (Å²) >= 11 is 1.60. The second-order valence-electron chi connectivity index (χ2n) is 6.98. The molecule has 0 amide bonds. The molecule has 2 aromatic heterocycles. The van der Waals surface area contributed by atoms with Crippen LogP contribution in [0.2, 0.25) is 0 Å². The Morgan fingerprint density at radius 1 is 1.41 bits per heavy atom. The van der Waals surface area contributed by atoms with Crippen LogP contribution < -0.4 is 10.1 Å². The number of nitrogens with one attached hydrogen (secondary N) is 2. The van der Waals surface area contributed by atoms with Crippen LogP contribution in [0.15, 0.2) is 24.4 Å². The number of hydrogen-bond donors (Lipinski definition) is 2. The zero-order valence-corrected chi connectivity index (χ0v) is 17.6. The van der Waals surface area contributed by atoms with E-state index in [4.69, 9.17) is 14.5 Å². The molecule has 0 fully saturated rings. The number of hydrogen-bond acceptors (Lipinski definition) is 7. The van der Waals surface area contributed by atoms with Gasteiger partial charge >= 0.3 is 5.97 Å². The third-order valence-corrected chi connectivity index (χ3v) is 5.98. The molecule has 1 aliphatic carbocycles. The molecule has 8 heteroatoms. The number of H-pyrrole nitrogens is 1. The second kappa shape index (κ2) is 8.24. The normalized spacial score (nSPS) is 15.6. The third-order valence-electron chi connectivity index (χ3n) is 4.94. The summed E-state index contributed by atoms with van der Waals surface area (Å²) in [4.78, 5) is 25.8. The lowest BCUT2D eigenvalue weighted by molar-refractivity contribution is -0.145. The van der Waals surface area contributed by atoms with E-state index in [1.165, 1.54) is 0 Å². The number of imidazole rings is 1. The molecule has 1 aliphatic rings. The Hall–Kier alpha value is -2.87. The Balaban J connectivity index is 1.58. The lowest BCUT2D eigenvalue weighted by atomic mass is 9.91. The standard InChI is InChI=1S/C21H24N4O3S/c1-4-28-20(26)15-6-5-7-17-18(15)25-21(29-17)24-13-8-9-14(16(10-13)27-3)19-22-11-12(2)23-19/h8-11,15H,4-7H2,1-3H3,(H,22,23)(H,24,25). The highest BCUT2D eigenvalue weighted by atomic mass is 32.1. The highest BCUT2D eigenvalue weighted by molar-refractivity contribution is 7.15. The number of aryl methyl sites for hydroxylation is 2. The minimum Gasteiger partial charge on any atom is -0.496 e. The van der Waals surface area contributed by atoms with Gasteiger partial charge in [-0.3, -0.25) is 4.79 Å². The molecule has 0 radical (unpaired) electrons. The summed E-state index contributed by atoms with van der Waals surface area (Å²) < 4.78 is 10.8. The summed E-state index contributed by atoms with van der Waals surface area (Å²) in [5.41, 5.74) is 3.62. The molecule has 7 nitrogen and oxygen atoms in total. The number of esters is 1. The van der Waals surface area contributed by atoms with E-state index in [9.17, 15) is 4.79 Å². The number of methoxy groups -OCH3 is 1. The van der Waals surface area contributed by atoms with E-state index in [-0.39, 0.29) is 11.9 Å². The minimum absolute atomic E-state index is 0.176. The van der Waals surface area contributed by atoms with Gasteiger partial charge in [-0.25, -0.2) is 9.97 Å². The topological polar surface area (TPSA) is 89.1 Å². The van der Waals surface area contributed by atoms with E-state index in [2.05, 4.69) is 15.3 Å². The number of nitrogens with zero attached hydrogens (tertiary/aromatic N) is 2. The maximum atomic E-state index is 12.3. The summed E-state index contributed by atoms with van der Waals surface area (Å²) in [6.07, 6.45) is 4.51. The first-order chi connectivity index (χ1) is 14.1. The first-order valence-electron chi connectivity index (χ1n) is 9.72. The van der Waals surface area contributed by atoms with Crippen molar-refractivity contribution >= 4 is 28.1 Å². The first-order valence-corrected chi connectivity index (χ1v) is 10.5. The Bertz CT molecular complexity index is 1030. The molecule has 1 atom stereocenters. The second-order valence-corrected chi connectivity index (χ2v) is 8.06. The van der Waals surface area contributed by atoms with E-state index in [1.54, 1.807) is 24.6 Å². The lowest BCUT2D eigenvalue weighted by Crippen LogP contribution is -2.20. The zero-order chi connectivity index (χ0) is 20.4. The predicted molar refractivity (Wildman–Crippen MR) is 113 cm³/mol. The largest absolute Gasteiger partial charge is 0.496 e. The molecular formula is C21H24N4O3S. The quantitative estimate of drug-likeness (QED) is 0.576. The third kappa shape index (κ3) is 3.98. The number of rotatable bonds is 6.